The average Bonchev–Trinajstić information content (AvgIpc) is 2.33. The van der Waals surface area contributed by atoms with Crippen LogP contribution in [0.25, 0.3) is 0 Å². The first-order valence-electron chi connectivity index (χ1n) is 3.18. The summed E-state index contributed by atoms with van der Waals surface area (Å²) in [4.78, 5) is 21.1. The zero-order chi connectivity index (χ0) is 9.14. The molecule has 1 rings (SSSR count). The molecule has 0 aliphatic rings. The second-order valence-corrected chi connectivity index (χ2v) is 2.93. The fraction of sp³-hybridized carbons (Fsp3) is 0.143. The number of rotatable bonds is 2. The predicted octanol–water partition coefficient (Wildman–Crippen LogP) is 1.40. The zero-order valence-corrected chi connectivity index (χ0v) is 7.14. The van der Waals surface area contributed by atoms with Crippen molar-refractivity contribution in [3.05, 3.63) is 16.3 Å². The molecular formula is C7H7NO3S. The molecule has 64 valence electrons. The van der Waals surface area contributed by atoms with E-state index < -0.39 is 5.97 Å². The lowest BCUT2D eigenvalue weighted by atomic mass is 10.3. The van der Waals surface area contributed by atoms with Crippen LogP contribution in [0.5, 0.6) is 0 Å². The smallest absolute Gasteiger partial charge is 0.338 e. The number of anilines is 1. The van der Waals surface area contributed by atoms with Crippen molar-refractivity contribution in [2.24, 2.45) is 0 Å². The van der Waals surface area contributed by atoms with Gasteiger partial charge in [-0.05, 0) is 0 Å². The first kappa shape index (κ1) is 8.73. The third-order valence-electron chi connectivity index (χ3n) is 1.20. The molecule has 1 amide bonds. The molecule has 0 fully saturated rings. The molecule has 0 atom stereocenters. The molecule has 0 aliphatic heterocycles. The molecule has 0 unspecified atom stereocenters. The Labute approximate surface area is 72.8 Å². The molecule has 12 heavy (non-hydrogen) atoms. The number of carboxylic acids is 1. The summed E-state index contributed by atoms with van der Waals surface area (Å²) in [6, 6.07) is 0. The molecule has 0 saturated carbocycles. The Bertz CT molecular complexity index is 318. The largest absolute Gasteiger partial charge is 0.478 e. The first-order chi connectivity index (χ1) is 5.61. The van der Waals surface area contributed by atoms with Crippen LogP contribution in [0.2, 0.25) is 0 Å². The van der Waals surface area contributed by atoms with Crippen LogP contribution in [-0.4, -0.2) is 17.0 Å². The number of aromatic carboxylic acids is 1. The molecule has 1 aromatic rings. The van der Waals surface area contributed by atoms with Crippen molar-refractivity contribution in [1.82, 2.24) is 0 Å². The summed E-state index contributed by atoms with van der Waals surface area (Å²) < 4.78 is 0. The van der Waals surface area contributed by atoms with Gasteiger partial charge in [0.15, 0.2) is 0 Å². The number of carbonyl (C=O) groups excluding carboxylic acids is 1. The van der Waals surface area contributed by atoms with E-state index in [1.165, 1.54) is 23.6 Å². The van der Waals surface area contributed by atoms with Gasteiger partial charge >= 0.3 is 5.97 Å². The van der Waals surface area contributed by atoms with E-state index in [4.69, 9.17) is 5.11 Å². The van der Waals surface area contributed by atoms with Crippen LogP contribution in [0.3, 0.4) is 0 Å². The first-order valence-corrected chi connectivity index (χ1v) is 4.12. The second kappa shape index (κ2) is 3.36. The summed E-state index contributed by atoms with van der Waals surface area (Å²) in [5.41, 5.74) is 0.496. The van der Waals surface area contributed by atoms with Crippen LogP contribution >= 0.6 is 11.3 Å². The summed E-state index contributed by atoms with van der Waals surface area (Å²) in [7, 11) is 0. The highest BCUT2D eigenvalue weighted by Crippen LogP contribution is 2.20. The van der Waals surface area contributed by atoms with Crippen LogP contribution < -0.4 is 5.32 Å². The number of amides is 1. The van der Waals surface area contributed by atoms with E-state index in [1.807, 2.05) is 0 Å². The zero-order valence-electron chi connectivity index (χ0n) is 6.33. The summed E-state index contributed by atoms with van der Waals surface area (Å²) in [5, 5.41) is 14.1. The van der Waals surface area contributed by atoms with Crippen LogP contribution in [0.4, 0.5) is 5.69 Å². The molecule has 0 aromatic carbocycles. The van der Waals surface area contributed by atoms with Crippen LogP contribution in [0.15, 0.2) is 10.8 Å². The van der Waals surface area contributed by atoms with Gasteiger partial charge in [-0.15, -0.1) is 11.3 Å². The normalized spacial score (nSPS) is 9.42. The highest BCUT2D eigenvalue weighted by Gasteiger charge is 2.11. The van der Waals surface area contributed by atoms with E-state index >= 15 is 0 Å². The SMILES string of the molecule is CC(=O)Nc1cscc1C(=O)O. The van der Waals surface area contributed by atoms with E-state index in [9.17, 15) is 9.59 Å². The van der Waals surface area contributed by atoms with Gasteiger partial charge < -0.3 is 10.4 Å². The third-order valence-corrected chi connectivity index (χ3v) is 1.95. The number of thiophene rings is 1. The molecule has 0 radical (unpaired) electrons. The molecule has 5 heteroatoms. The number of carbonyl (C=O) groups is 2. The third kappa shape index (κ3) is 1.82. The fourth-order valence-electron chi connectivity index (χ4n) is 0.749. The fourth-order valence-corrected chi connectivity index (χ4v) is 1.50. The predicted molar refractivity (Wildman–Crippen MR) is 45.6 cm³/mol. The lowest BCUT2D eigenvalue weighted by molar-refractivity contribution is -0.114. The van der Waals surface area contributed by atoms with Crippen LogP contribution in [0, 0.1) is 0 Å². The van der Waals surface area contributed by atoms with E-state index in [1.54, 1.807) is 5.38 Å². The Morgan fingerprint density at radius 2 is 2.17 bits per heavy atom. The number of nitrogens with one attached hydrogen (secondary N) is 1. The second-order valence-electron chi connectivity index (χ2n) is 2.19. The van der Waals surface area contributed by atoms with Gasteiger partial charge in [0.25, 0.3) is 0 Å². The maximum atomic E-state index is 10.6. The molecule has 0 aliphatic carbocycles. The van der Waals surface area contributed by atoms with Gasteiger partial charge in [0.05, 0.1) is 11.3 Å². The van der Waals surface area contributed by atoms with Gasteiger partial charge in [0.1, 0.15) is 0 Å². The molecule has 1 heterocycles. The lowest BCUT2D eigenvalue weighted by Crippen LogP contribution is -2.08. The molecule has 1 aromatic heterocycles. The van der Waals surface area contributed by atoms with Gasteiger partial charge in [-0.25, -0.2) is 4.79 Å². The Morgan fingerprint density at radius 3 is 2.67 bits per heavy atom. The molecule has 0 spiro atoms. The highest BCUT2D eigenvalue weighted by atomic mass is 32.1. The van der Waals surface area contributed by atoms with E-state index in [-0.39, 0.29) is 11.5 Å². The van der Waals surface area contributed by atoms with E-state index in [0.29, 0.717) is 5.69 Å². The summed E-state index contributed by atoms with van der Waals surface area (Å²) in [6.07, 6.45) is 0. The minimum Gasteiger partial charge on any atom is -0.478 e. The molecule has 0 saturated heterocycles. The van der Waals surface area contributed by atoms with Crippen molar-refractivity contribution in [1.29, 1.82) is 0 Å². The summed E-state index contributed by atoms with van der Waals surface area (Å²) in [6.45, 7) is 1.34. The van der Waals surface area contributed by atoms with E-state index in [0.717, 1.165) is 0 Å². The van der Waals surface area contributed by atoms with E-state index in [2.05, 4.69) is 5.32 Å². The van der Waals surface area contributed by atoms with Gasteiger partial charge in [-0.2, -0.15) is 0 Å². The van der Waals surface area contributed by atoms with Crippen molar-refractivity contribution in [2.45, 2.75) is 6.92 Å². The maximum absolute atomic E-state index is 10.6. The molecule has 0 bridgehead atoms. The van der Waals surface area contributed by atoms with Crippen LogP contribution in [-0.2, 0) is 4.79 Å². The topological polar surface area (TPSA) is 66.4 Å². The van der Waals surface area contributed by atoms with Crippen molar-refractivity contribution in [2.75, 3.05) is 5.32 Å². The Morgan fingerprint density at radius 1 is 1.50 bits per heavy atom. The molecule has 2 N–H and O–H groups in total. The quantitative estimate of drug-likeness (QED) is 0.731. The van der Waals surface area contributed by atoms with Gasteiger partial charge in [-0.3, -0.25) is 4.79 Å². The van der Waals surface area contributed by atoms with Crippen molar-refractivity contribution < 1.29 is 14.7 Å². The van der Waals surface area contributed by atoms with Crippen molar-refractivity contribution in [3.63, 3.8) is 0 Å². The number of hydrogen-bond acceptors (Lipinski definition) is 3. The van der Waals surface area contributed by atoms with Crippen molar-refractivity contribution in [3.8, 4) is 0 Å². The Balaban J connectivity index is 2.91. The Kier molecular flexibility index (Phi) is 2.44. The molecular weight excluding hydrogens is 178 g/mol. The van der Waals surface area contributed by atoms with Gasteiger partial charge in [0.2, 0.25) is 5.91 Å². The maximum Gasteiger partial charge on any atom is 0.338 e. The van der Waals surface area contributed by atoms with Crippen LogP contribution in [0.1, 0.15) is 17.3 Å². The standard InChI is InChI=1S/C7H7NO3S/c1-4(9)8-6-3-12-2-5(6)7(10)11/h2-3H,1H3,(H,8,9)(H,10,11). The minimum absolute atomic E-state index is 0.134. The number of hydrogen-bond donors (Lipinski definition) is 2. The molecule has 4 nitrogen and oxygen atoms in total. The van der Waals surface area contributed by atoms with Gasteiger partial charge in [0, 0.05) is 17.7 Å². The Hall–Kier alpha value is -1.36. The van der Waals surface area contributed by atoms with Gasteiger partial charge in [-0.1, -0.05) is 0 Å². The minimum atomic E-state index is -1.03. The average molecular weight is 185 g/mol. The van der Waals surface area contributed by atoms with Crippen molar-refractivity contribution >= 4 is 28.9 Å². The highest BCUT2D eigenvalue weighted by molar-refractivity contribution is 7.08. The summed E-state index contributed by atoms with van der Waals surface area (Å²) >= 11 is 1.24. The summed E-state index contributed by atoms with van der Waals surface area (Å²) in [5.74, 6) is -1.30. The lowest BCUT2D eigenvalue weighted by Gasteiger charge is -1.98. The number of carboxylic acid groups (broad SMARTS) is 1. The monoisotopic (exact) mass is 185 g/mol.